The number of hydrogen-bond acceptors (Lipinski definition) is 4. The molecule has 2 rings (SSSR count). The van der Waals surface area contributed by atoms with Crippen molar-refractivity contribution < 1.29 is 19.7 Å². The van der Waals surface area contributed by atoms with Crippen molar-refractivity contribution in [3.05, 3.63) is 24.3 Å². The third-order valence-electron chi connectivity index (χ3n) is 5.46. The van der Waals surface area contributed by atoms with E-state index in [0.29, 0.717) is 12.8 Å². The highest BCUT2D eigenvalue weighted by atomic mass is 16.5. The van der Waals surface area contributed by atoms with E-state index in [1.165, 1.54) is 0 Å². The maximum Gasteiger partial charge on any atom is 0.306 e. The number of allylic oxidation sites excluding steroid dienone is 2. The summed E-state index contributed by atoms with van der Waals surface area (Å²) < 4.78 is 5.63. The van der Waals surface area contributed by atoms with E-state index >= 15 is 0 Å². The van der Waals surface area contributed by atoms with Crippen LogP contribution in [0.5, 0.6) is 0 Å². The molecule has 0 spiro atoms. The minimum atomic E-state index is -0.852. The van der Waals surface area contributed by atoms with Gasteiger partial charge in [0.15, 0.2) is 0 Å². The Bertz CT molecular complexity index is 480. The second kappa shape index (κ2) is 9.54. The summed E-state index contributed by atoms with van der Waals surface area (Å²) in [6.45, 7) is 3.97. The van der Waals surface area contributed by atoms with Crippen molar-refractivity contribution in [2.24, 2.45) is 11.8 Å². The molecule has 1 heterocycles. The number of hydrogen-bond donors (Lipinski definition) is 2. The maximum atomic E-state index is 11.9. The number of carbonyl (C=O) groups is 1. The standard InChI is InChI=1S/C21H34O4/c1-3-4-9-13-21(2,24)14-12-16-17-10-7-5-6-8-11-20(23)25-19(17)15-18(16)22/h5,7,12,14,16-19,22,24H,3-4,6,8-11,13,15H2,1-2H3/b7-5?,14-12-/t16-,17-,18-,19+,21+/m1/s1. The third-order valence-corrected chi connectivity index (χ3v) is 5.46. The van der Waals surface area contributed by atoms with E-state index in [-0.39, 0.29) is 23.9 Å². The largest absolute Gasteiger partial charge is 0.462 e. The lowest BCUT2D eigenvalue weighted by Crippen LogP contribution is -2.26. The van der Waals surface area contributed by atoms with Gasteiger partial charge in [-0.1, -0.05) is 50.5 Å². The fourth-order valence-corrected chi connectivity index (χ4v) is 3.92. The molecule has 0 saturated heterocycles. The third kappa shape index (κ3) is 6.27. The van der Waals surface area contributed by atoms with Crippen LogP contribution in [0.25, 0.3) is 0 Å². The van der Waals surface area contributed by atoms with Crippen molar-refractivity contribution in [3.63, 3.8) is 0 Å². The van der Waals surface area contributed by atoms with Crippen LogP contribution in [0.15, 0.2) is 24.3 Å². The monoisotopic (exact) mass is 350 g/mol. The lowest BCUT2D eigenvalue weighted by molar-refractivity contribution is -0.151. The molecule has 25 heavy (non-hydrogen) atoms. The fraction of sp³-hybridized carbons (Fsp3) is 0.762. The number of rotatable bonds is 6. The molecule has 0 aromatic carbocycles. The number of fused-ring (bicyclic) bond motifs is 1. The van der Waals surface area contributed by atoms with E-state index in [9.17, 15) is 15.0 Å². The molecule has 4 heteroatoms. The van der Waals surface area contributed by atoms with Crippen LogP contribution in [-0.2, 0) is 9.53 Å². The second-order valence-corrected chi connectivity index (χ2v) is 7.85. The lowest BCUT2D eigenvalue weighted by atomic mass is 9.87. The Morgan fingerprint density at radius 1 is 1.36 bits per heavy atom. The quantitative estimate of drug-likeness (QED) is 0.433. The van der Waals surface area contributed by atoms with Gasteiger partial charge in [-0.05, 0) is 32.6 Å². The van der Waals surface area contributed by atoms with Gasteiger partial charge >= 0.3 is 5.97 Å². The van der Waals surface area contributed by atoms with E-state index < -0.39 is 11.7 Å². The minimum Gasteiger partial charge on any atom is -0.462 e. The summed E-state index contributed by atoms with van der Waals surface area (Å²) in [6, 6.07) is 0. The summed E-state index contributed by atoms with van der Waals surface area (Å²) in [7, 11) is 0. The Morgan fingerprint density at radius 3 is 2.92 bits per heavy atom. The maximum absolute atomic E-state index is 11.9. The Hall–Kier alpha value is -1.13. The van der Waals surface area contributed by atoms with E-state index in [1.54, 1.807) is 0 Å². The first-order chi connectivity index (χ1) is 11.9. The van der Waals surface area contributed by atoms with Gasteiger partial charge in [0, 0.05) is 24.7 Å². The topological polar surface area (TPSA) is 66.8 Å². The zero-order chi connectivity index (χ0) is 18.3. The summed E-state index contributed by atoms with van der Waals surface area (Å²) in [5.74, 6) is -0.163. The molecule has 1 aliphatic carbocycles. The molecule has 0 aromatic heterocycles. The molecule has 4 nitrogen and oxygen atoms in total. The van der Waals surface area contributed by atoms with E-state index in [2.05, 4.69) is 19.1 Å². The molecule has 0 bridgehead atoms. The van der Waals surface area contributed by atoms with Gasteiger partial charge in [-0.15, -0.1) is 0 Å². The average molecular weight is 350 g/mol. The summed E-state index contributed by atoms with van der Waals surface area (Å²) in [6.07, 6.45) is 14.7. The van der Waals surface area contributed by atoms with E-state index in [1.807, 2.05) is 19.1 Å². The summed E-state index contributed by atoms with van der Waals surface area (Å²) in [4.78, 5) is 11.9. The van der Waals surface area contributed by atoms with Crippen LogP contribution in [0.4, 0.5) is 0 Å². The normalized spacial score (nSPS) is 33.0. The number of aliphatic hydroxyl groups is 2. The Balaban J connectivity index is 2.06. The van der Waals surface area contributed by atoms with E-state index in [4.69, 9.17) is 4.74 Å². The van der Waals surface area contributed by atoms with E-state index in [0.717, 1.165) is 44.9 Å². The molecule has 0 radical (unpaired) electrons. The molecular formula is C21H34O4. The first-order valence-corrected chi connectivity index (χ1v) is 9.87. The van der Waals surface area contributed by atoms with Crippen LogP contribution >= 0.6 is 0 Å². The van der Waals surface area contributed by atoms with Crippen LogP contribution < -0.4 is 0 Å². The highest BCUT2D eigenvalue weighted by molar-refractivity contribution is 5.69. The second-order valence-electron chi connectivity index (χ2n) is 7.85. The Kier molecular flexibility index (Phi) is 7.70. The minimum absolute atomic E-state index is 0.0796. The zero-order valence-corrected chi connectivity index (χ0v) is 15.7. The van der Waals surface area contributed by atoms with Crippen LogP contribution in [0.2, 0.25) is 0 Å². The van der Waals surface area contributed by atoms with Crippen molar-refractivity contribution in [1.82, 2.24) is 0 Å². The van der Waals surface area contributed by atoms with Crippen LogP contribution in [0.1, 0.15) is 71.6 Å². The SMILES string of the molecule is CCCCC[C@](C)(O)/C=C\[C@@H]1[C@H]2CC=CCCCC(=O)O[C@H]2C[C@H]1O. The van der Waals surface area contributed by atoms with Gasteiger partial charge in [0.1, 0.15) is 6.10 Å². The molecule has 2 N–H and O–H groups in total. The van der Waals surface area contributed by atoms with Gasteiger partial charge in [0.2, 0.25) is 0 Å². The number of carbonyl (C=O) groups excluding carboxylic acids is 1. The number of aliphatic hydroxyl groups excluding tert-OH is 1. The predicted octanol–water partition coefficient (Wildman–Crippen LogP) is 3.91. The van der Waals surface area contributed by atoms with Crippen molar-refractivity contribution in [3.8, 4) is 0 Å². The Morgan fingerprint density at radius 2 is 2.16 bits per heavy atom. The average Bonchev–Trinajstić information content (AvgIpc) is 2.84. The van der Waals surface area contributed by atoms with Gasteiger partial charge < -0.3 is 14.9 Å². The molecule has 0 amide bonds. The summed E-state index contributed by atoms with van der Waals surface area (Å²) in [5.41, 5.74) is -0.852. The van der Waals surface area contributed by atoms with Gasteiger partial charge in [0.25, 0.3) is 0 Å². The van der Waals surface area contributed by atoms with Gasteiger partial charge in [-0.3, -0.25) is 4.79 Å². The molecule has 1 saturated carbocycles. The molecule has 0 unspecified atom stereocenters. The lowest BCUT2D eigenvalue weighted by Gasteiger charge is -2.25. The molecule has 2 aliphatic rings. The van der Waals surface area contributed by atoms with Gasteiger partial charge in [-0.2, -0.15) is 0 Å². The molecule has 0 aromatic rings. The van der Waals surface area contributed by atoms with Crippen molar-refractivity contribution in [2.75, 3.05) is 0 Å². The first-order valence-electron chi connectivity index (χ1n) is 9.87. The van der Waals surface area contributed by atoms with Crippen molar-refractivity contribution >= 4 is 5.97 Å². The van der Waals surface area contributed by atoms with Crippen molar-refractivity contribution in [1.29, 1.82) is 0 Å². The molecule has 1 aliphatic heterocycles. The Labute approximate surface area is 152 Å². The highest BCUT2D eigenvalue weighted by Crippen LogP contribution is 2.39. The zero-order valence-electron chi connectivity index (χ0n) is 15.7. The van der Waals surface area contributed by atoms with Crippen LogP contribution in [-0.4, -0.2) is 34.0 Å². The summed E-state index contributed by atoms with van der Waals surface area (Å²) in [5, 5.41) is 21.0. The molecule has 1 fully saturated rings. The number of unbranched alkanes of at least 4 members (excludes halogenated alkanes) is 2. The fourth-order valence-electron chi connectivity index (χ4n) is 3.92. The van der Waals surface area contributed by atoms with Gasteiger partial charge in [0.05, 0.1) is 11.7 Å². The molecule has 5 atom stereocenters. The highest BCUT2D eigenvalue weighted by Gasteiger charge is 2.43. The summed E-state index contributed by atoms with van der Waals surface area (Å²) >= 11 is 0. The molecular weight excluding hydrogens is 316 g/mol. The van der Waals surface area contributed by atoms with Crippen LogP contribution in [0.3, 0.4) is 0 Å². The molecule has 142 valence electrons. The first kappa shape index (κ1) is 20.2. The smallest absolute Gasteiger partial charge is 0.306 e. The van der Waals surface area contributed by atoms with Crippen LogP contribution in [0, 0.1) is 11.8 Å². The number of esters is 1. The predicted molar refractivity (Wildman–Crippen MR) is 99.0 cm³/mol. The van der Waals surface area contributed by atoms with Gasteiger partial charge in [-0.25, -0.2) is 0 Å². The van der Waals surface area contributed by atoms with Crippen molar-refractivity contribution in [2.45, 2.75) is 89.4 Å². The number of ether oxygens (including phenoxy) is 1.